The predicted octanol–water partition coefficient (Wildman–Crippen LogP) is 8.81. The maximum atomic E-state index is 11.9. The highest BCUT2D eigenvalue weighted by Gasteiger charge is 2.34. The molecule has 12 nitrogen and oxygen atoms in total. The molecule has 0 fully saturated rings. The second-order valence-corrected chi connectivity index (χ2v) is 12.9. The van der Waals surface area contributed by atoms with E-state index in [0.717, 1.165) is 10.8 Å². The predicted molar refractivity (Wildman–Crippen MR) is 201 cm³/mol. The highest BCUT2D eigenvalue weighted by atomic mass is 16.4. The first-order chi connectivity index (χ1) is 25.9. The Morgan fingerprint density at radius 2 is 0.704 bits per heavy atom. The van der Waals surface area contributed by atoms with Crippen LogP contribution in [0.1, 0.15) is 0 Å². The molecule has 0 atom stereocenters. The molecule has 0 spiro atoms. The summed E-state index contributed by atoms with van der Waals surface area (Å²) in [5.74, 6) is -10.1. The lowest BCUT2D eigenvalue weighted by Gasteiger charge is -2.22. The summed E-state index contributed by atoms with van der Waals surface area (Å²) in [6.45, 7) is 0. The first-order valence-corrected chi connectivity index (χ1v) is 16.3. The smallest absolute Gasteiger partial charge is 0.208 e. The summed E-state index contributed by atoms with van der Waals surface area (Å²) < 4.78 is 5.68. The van der Waals surface area contributed by atoms with Crippen molar-refractivity contribution in [2.45, 2.75) is 0 Å². The maximum absolute atomic E-state index is 11.9. The molecule has 12 heteroatoms. The Morgan fingerprint density at radius 3 is 1.28 bits per heavy atom. The van der Waals surface area contributed by atoms with Crippen molar-refractivity contribution in [1.82, 2.24) is 0 Å². The molecule has 0 bridgehead atoms. The fraction of sp³-hybridized carbons (Fsp3) is 0. The van der Waals surface area contributed by atoms with Gasteiger partial charge in [0.2, 0.25) is 28.7 Å². The number of furan rings is 1. The Hall–Kier alpha value is -7.86. The molecule has 0 aliphatic carbocycles. The molecule has 0 radical (unpaired) electrons. The molecule has 0 aliphatic heterocycles. The van der Waals surface area contributed by atoms with Gasteiger partial charge in [-0.25, -0.2) is 0 Å². The van der Waals surface area contributed by atoms with E-state index in [9.17, 15) is 56.2 Å². The zero-order valence-electron chi connectivity index (χ0n) is 27.5. The van der Waals surface area contributed by atoms with E-state index in [1.807, 2.05) is 30.3 Å². The lowest BCUT2D eigenvalue weighted by Crippen LogP contribution is -1.95. The minimum Gasteiger partial charge on any atom is -0.504 e. The van der Waals surface area contributed by atoms with E-state index in [0.29, 0.717) is 27.1 Å². The standard InChI is InChI=1S/C42H26O12/c43-30-23(18-14-13-16-7-1-2-8-17(16)15-18)26(31(44)37(50)36(30)49)24-19-9-3-5-11-21(19)25(22-12-6-4-10-20(22)24)27-32(45)33(46)28-29-34(47)38(51)39(52)40(53)42(29)54-41(28)35(27)48/h1-15,43-53H. The van der Waals surface area contributed by atoms with Crippen LogP contribution in [-0.2, 0) is 0 Å². The van der Waals surface area contributed by atoms with Crippen molar-refractivity contribution < 1.29 is 60.6 Å². The normalized spacial score (nSPS) is 11.8. The third-order valence-corrected chi connectivity index (χ3v) is 10.0. The Labute approximate surface area is 302 Å². The van der Waals surface area contributed by atoms with Gasteiger partial charge in [0.1, 0.15) is 0 Å². The Balaban J connectivity index is 1.44. The summed E-state index contributed by atoms with van der Waals surface area (Å²) in [5.41, 5.74) is -0.701. The van der Waals surface area contributed by atoms with Gasteiger partial charge in [-0.2, -0.15) is 0 Å². The summed E-state index contributed by atoms with van der Waals surface area (Å²) in [7, 11) is 0. The molecular formula is C42H26O12. The largest absolute Gasteiger partial charge is 0.504 e. The molecule has 11 N–H and O–H groups in total. The number of phenolic OH excluding ortho intramolecular Hbond substituents is 11. The zero-order valence-corrected chi connectivity index (χ0v) is 27.5. The number of hydrogen-bond donors (Lipinski definition) is 11. The molecule has 266 valence electrons. The van der Waals surface area contributed by atoms with Gasteiger partial charge in [0.05, 0.1) is 16.3 Å². The molecule has 1 aromatic heterocycles. The van der Waals surface area contributed by atoms with Crippen molar-refractivity contribution in [3.63, 3.8) is 0 Å². The van der Waals surface area contributed by atoms with Crippen LogP contribution in [0.2, 0.25) is 0 Å². The summed E-state index contributed by atoms with van der Waals surface area (Å²) in [4.78, 5) is 0. The van der Waals surface area contributed by atoms with E-state index in [1.165, 1.54) is 0 Å². The van der Waals surface area contributed by atoms with Crippen molar-refractivity contribution in [1.29, 1.82) is 0 Å². The van der Waals surface area contributed by atoms with Crippen LogP contribution in [0.4, 0.5) is 0 Å². The summed E-state index contributed by atoms with van der Waals surface area (Å²) in [6, 6.07) is 26.0. The molecule has 0 unspecified atom stereocenters. The number of hydrogen-bond acceptors (Lipinski definition) is 12. The molecule has 8 aromatic carbocycles. The molecule has 0 aliphatic rings. The molecule has 9 rings (SSSR count). The van der Waals surface area contributed by atoms with Crippen LogP contribution in [0.25, 0.3) is 87.6 Å². The van der Waals surface area contributed by atoms with Gasteiger partial charge in [-0.15, -0.1) is 0 Å². The Morgan fingerprint density at radius 1 is 0.296 bits per heavy atom. The van der Waals surface area contributed by atoms with Crippen LogP contribution in [0.5, 0.6) is 63.2 Å². The van der Waals surface area contributed by atoms with Crippen LogP contribution < -0.4 is 0 Å². The fourth-order valence-corrected chi connectivity index (χ4v) is 7.60. The first kappa shape index (κ1) is 32.1. The molecule has 0 saturated carbocycles. The van der Waals surface area contributed by atoms with E-state index in [4.69, 9.17) is 4.42 Å². The molecule has 54 heavy (non-hydrogen) atoms. The number of benzene rings is 8. The van der Waals surface area contributed by atoms with E-state index in [1.54, 1.807) is 60.7 Å². The quantitative estimate of drug-likeness (QED) is 0.0466. The van der Waals surface area contributed by atoms with Crippen LogP contribution in [0.15, 0.2) is 95.4 Å². The molecule has 1 heterocycles. The van der Waals surface area contributed by atoms with Crippen molar-refractivity contribution >= 4 is 54.3 Å². The van der Waals surface area contributed by atoms with Crippen molar-refractivity contribution in [3.8, 4) is 96.6 Å². The maximum Gasteiger partial charge on any atom is 0.208 e. The van der Waals surface area contributed by atoms with Gasteiger partial charge < -0.3 is 60.6 Å². The highest BCUT2D eigenvalue weighted by molar-refractivity contribution is 6.26. The second kappa shape index (κ2) is 11.1. The third kappa shape index (κ3) is 4.07. The first-order valence-electron chi connectivity index (χ1n) is 16.3. The summed E-state index contributed by atoms with van der Waals surface area (Å²) >= 11 is 0. The highest BCUT2D eigenvalue weighted by Crippen LogP contribution is 2.62. The van der Waals surface area contributed by atoms with Crippen molar-refractivity contribution in [3.05, 3.63) is 91.0 Å². The van der Waals surface area contributed by atoms with Gasteiger partial charge >= 0.3 is 0 Å². The molecular weight excluding hydrogens is 696 g/mol. The van der Waals surface area contributed by atoms with Gasteiger partial charge in [0, 0.05) is 22.3 Å². The molecule has 0 saturated heterocycles. The molecule has 0 amide bonds. The van der Waals surface area contributed by atoms with E-state index >= 15 is 0 Å². The van der Waals surface area contributed by atoms with Crippen LogP contribution in [-0.4, -0.2) is 56.2 Å². The van der Waals surface area contributed by atoms with E-state index in [-0.39, 0.29) is 27.8 Å². The zero-order chi connectivity index (χ0) is 37.9. The SMILES string of the molecule is Oc1c(O)c(O)c(-c2c3ccccc3c(-c3c(O)c(O)c4c(oc5c(O)c(O)c(O)c(O)c54)c3O)c3ccccc23)c(-c2ccc3ccccc3c2)c1O. The van der Waals surface area contributed by atoms with Crippen molar-refractivity contribution in [2.24, 2.45) is 0 Å². The third-order valence-electron chi connectivity index (χ3n) is 10.0. The van der Waals surface area contributed by atoms with Gasteiger partial charge in [-0.3, -0.25) is 0 Å². The number of rotatable bonds is 3. The summed E-state index contributed by atoms with van der Waals surface area (Å²) in [6.07, 6.45) is 0. The lowest BCUT2D eigenvalue weighted by atomic mass is 9.82. The van der Waals surface area contributed by atoms with Gasteiger partial charge in [0.15, 0.2) is 45.7 Å². The van der Waals surface area contributed by atoms with Crippen LogP contribution in [0.3, 0.4) is 0 Å². The average molecular weight is 723 g/mol. The van der Waals surface area contributed by atoms with Crippen LogP contribution in [0, 0.1) is 0 Å². The monoisotopic (exact) mass is 722 g/mol. The lowest BCUT2D eigenvalue weighted by molar-refractivity contribution is 0.348. The Bertz CT molecular complexity index is 3070. The van der Waals surface area contributed by atoms with Gasteiger partial charge in [0.25, 0.3) is 0 Å². The topological polar surface area (TPSA) is 236 Å². The molecule has 9 aromatic rings. The minimum atomic E-state index is -1.13. The van der Waals surface area contributed by atoms with Crippen LogP contribution >= 0.6 is 0 Å². The summed E-state index contributed by atoms with van der Waals surface area (Å²) in [5, 5.41) is 124. The van der Waals surface area contributed by atoms with Gasteiger partial charge in [-0.1, -0.05) is 84.9 Å². The van der Waals surface area contributed by atoms with Gasteiger partial charge in [-0.05, 0) is 43.9 Å². The van der Waals surface area contributed by atoms with E-state index < -0.39 is 85.2 Å². The average Bonchev–Trinajstić information content (AvgIpc) is 3.60. The number of fused-ring (bicyclic) bond motifs is 6. The Kier molecular flexibility index (Phi) is 6.57. The number of aromatic hydroxyl groups is 11. The van der Waals surface area contributed by atoms with Crippen molar-refractivity contribution in [2.75, 3.05) is 0 Å². The minimum absolute atomic E-state index is 0.00485. The fourth-order valence-electron chi connectivity index (χ4n) is 7.60. The van der Waals surface area contributed by atoms with E-state index in [2.05, 4.69) is 0 Å². The number of phenols is 11. The second-order valence-electron chi connectivity index (χ2n) is 12.9.